The van der Waals surface area contributed by atoms with Gasteiger partial charge in [0, 0.05) is 18.7 Å². The van der Waals surface area contributed by atoms with Crippen LogP contribution in [0.4, 0.5) is 3.89 Å². The van der Waals surface area contributed by atoms with Crippen LogP contribution in [-0.2, 0) is 23.3 Å². The van der Waals surface area contributed by atoms with Crippen LogP contribution >= 0.6 is 0 Å². The Hall–Kier alpha value is -1.27. The molecule has 0 aromatic heterocycles. The van der Waals surface area contributed by atoms with Crippen LogP contribution in [-0.4, -0.2) is 31.6 Å². The van der Waals surface area contributed by atoms with Gasteiger partial charge in [0.15, 0.2) is 5.78 Å². The molecule has 1 aliphatic heterocycles. The quantitative estimate of drug-likeness (QED) is 0.605. The molecule has 1 heterocycles. The molecule has 6 heteroatoms. The summed E-state index contributed by atoms with van der Waals surface area (Å²) >= 11 is 0. The summed E-state index contributed by atoms with van der Waals surface area (Å²) in [5.41, 5.74) is 2.50. The van der Waals surface area contributed by atoms with Gasteiger partial charge in [0.1, 0.15) is 0 Å². The molecule has 1 aromatic rings. The maximum atomic E-state index is 12.9. The van der Waals surface area contributed by atoms with E-state index >= 15 is 0 Å². The Morgan fingerprint density at radius 2 is 1.83 bits per heavy atom. The summed E-state index contributed by atoms with van der Waals surface area (Å²) in [4.78, 5) is 11.3. The molecule has 18 heavy (non-hydrogen) atoms. The second-order valence-corrected chi connectivity index (χ2v) is 5.72. The Morgan fingerprint density at radius 1 is 1.22 bits per heavy atom. The number of rotatable bonds is 2. The molecule has 0 saturated heterocycles. The summed E-state index contributed by atoms with van der Waals surface area (Å²) in [7, 11) is -4.63. The number of halogens is 1. The lowest BCUT2D eigenvalue weighted by Gasteiger charge is -2.12. The summed E-state index contributed by atoms with van der Waals surface area (Å²) in [6.07, 6.45) is 0.899. The minimum Gasteiger partial charge on any atom is -0.295 e. The van der Waals surface area contributed by atoms with Gasteiger partial charge in [-0.3, -0.25) is 4.79 Å². The van der Waals surface area contributed by atoms with Crippen molar-refractivity contribution in [1.29, 1.82) is 0 Å². The average Bonchev–Trinajstić information content (AvgIpc) is 2.49. The van der Waals surface area contributed by atoms with E-state index in [1.54, 1.807) is 12.1 Å². The number of carbonyl (C=O) groups is 1. The van der Waals surface area contributed by atoms with Crippen molar-refractivity contribution in [2.45, 2.75) is 19.8 Å². The van der Waals surface area contributed by atoms with E-state index in [4.69, 9.17) is 0 Å². The van der Waals surface area contributed by atoms with Crippen LogP contribution in [0.2, 0.25) is 0 Å². The number of fused-ring (bicyclic) bond motifs is 1. The SMILES string of the molecule is CC(=O)c1ccc2c(c1)CCN(S(=O)(=O)F)CC2. The number of Topliss-reactive ketones (excluding diaryl/α,β-unsaturated/α-hetero) is 1. The molecule has 0 amide bonds. The van der Waals surface area contributed by atoms with Gasteiger partial charge in [0.05, 0.1) is 0 Å². The normalized spacial score (nSPS) is 17.0. The monoisotopic (exact) mass is 271 g/mol. The Morgan fingerprint density at radius 3 is 2.39 bits per heavy atom. The van der Waals surface area contributed by atoms with Crippen molar-refractivity contribution in [3.8, 4) is 0 Å². The second kappa shape index (κ2) is 4.78. The second-order valence-electron chi connectivity index (χ2n) is 4.38. The Bertz CT molecular complexity index is 583. The number of carbonyl (C=O) groups excluding carboxylic acids is 1. The van der Waals surface area contributed by atoms with Gasteiger partial charge >= 0.3 is 10.4 Å². The highest BCUT2D eigenvalue weighted by atomic mass is 32.3. The van der Waals surface area contributed by atoms with Gasteiger partial charge < -0.3 is 0 Å². The van der Waals surface area contributed by atoms with Gasteiger partial charge in [-0.2, -0.15) is 12.7 Å². The van der Waals surface area contributed by atoms with Crippen molar-refractivity contribution < 1.29 is 17.1 Å². The number of hydrogen-bond donors (Lipinski definition) is 0. The maximum Gasteiger partial charge on any atom is 0.374 e. The topological polar surface area (TPSA) is 54.5 Å². The summed E-state index contributed by atoms with van der Waals surface area (Å²) in [6.45, 7) is 1.75. The Balaban J connectivity index is 2.28. The van der Waals surface area contributed by atoms with Gasteiger partial charge in [-0.05, 0) is 37.0 Å². The van der Waals surface area contributed by atoms with Crippen LogP contribution in [0.5, 0.6) is 0 Å². The van der Waals surface area contributed by atoms with Gasteiger partial charge in [0.2, 0.25) is 0 Å². The van der Waals surface area contributed by atoms with Crippen LogP contribution < -0.4 is 0 Å². The standard InChI is InChI=1S/C12H14FNO3S/c1-9(15)11-3-2-10-4-6-14(18(13,16)17)7-5-12(10)8-11/h2-3,8H,4-7H2,1H3. The smallest absolute Gasteiger partial charge is 0.295 e. The van der Waals surface area contributed by atoms with E-state index in [1.165, 1.54) is 6.92 Å². The number of ketones is 1. The van der Waals surface area contributed by atoms with Crippen molar-refractivity contribution in [2.75, 3.05) is 13.1 Å². The lowest BCUT2D eigenvalue weighted by Crippen LogP contribution is -2.30. The predicted molar refractivity (Wildman–Crippen MR) is 65.5 cm³/mol. The largest absolute Gasteiger partial charge is 0.374 e. The third-order valence-corrected chi connectivity index (χ3v) is 4.16. The Labute approximate surface area is 106 Å². The molecule has 0 aliphatic carbocycles. The van der Waals surface area contributed by atoms with E-state index < -0.39 is 10.4 Å². The highest BCUT2D eigenvalue weighted by Crippen LogP contribution is 2.20. The first-order valence-electron chi connectivity index (χ1n) is 5.70. The minimum absolute atomic E-state index is 0.0305. The van der Waals surface area contributed by atoms with E-state index in [0.29, 0.717) is 18.4 Å². The highest BCUT2D eigenvalue weighted by Gasteiger charge is 2.24. The van der Waals surface area contributed by atoms with Crippen molar-refractivity contribution >= 4 is 16.2 Å². The van der Waals surface area contributed by atoms with E-state index in [2.05, 4.69) is 0 Å². The molecular weight excluding hydrogens is 257 g/mol. The highest BCUT2D eigenvalue weighted by molar-refractivity contribution is 7.83. The van der Waals surface area contributed by atoms with Crippen molar-refractivity contribution in [3.05, 3.63) is 34.9 Å². The molecule has 98 valence electrons. The molecule has 1 aromatic carbocycles. The molecule has 0 radical (unpaired) electrons. The lowest BCUT2D eigenvalue weighted by molar-refractivity contribution is 0.101. The fourth-order valence-corrected chi connectivity index (χ4v) is 2.76. The van der Waals surface area contributed by atoms with Crippen molar-refractivity contribution in [2.24, 2.45) is 0 Å². The predicted octanol–water partition coefficient (Wildman–Crippen LogP) is 1.50. The molecule has 0 spiro atoms. The average molecular weight is 271 g/mol. The molecular formula is C12H14FNO3S. The van der Waals surface area contributed by atoms with Crippen LogP contribution in [0.1, 0.15) is 28.4 Å². The summed E-state index contributed by atoms with van der Waals surface area (Å²) in [5.74, 6) is -0.0305. The zero-order chi connectivity index (χ0) is 13.3. The molecule has 4 nitrogen and oxygen atoms in total. The van der Waals surface area contributed by atoms with Crippen LogP contribution in [0, 0.1) is 0 Å². The first-order valence-corrected chi connectivity index (χ1v) is 7.04. The number of hydrogen-bond acceptors (Lipinski definition) is 3. The van der Waals surface area contributed by atoms with Gasteiger partial charge in [-0.15, -0.1) is 0 Å². The molecule has 2 rings (SSSR count). The van der Waals surface area contributed by atoms with E-state index in [9.17, 15) is 17.1 Å². The van der Waals surface area contributed by atoms with E-state index in [1.807, 2.05) is 6.07 Å². The van der Waals surface area contributed by atoms with Crippen LogP contribution in [0.15, 0.2) is 18.2 Å². The third-order valence-electron chi connectivity index (χ3n) is 3.18. The van der Waals surface area contributed by atoms with Gasteiger partial charge in [-0.1, -0.05) is 16.0 Å². The molecule has 1 aliphatic rings. The van der Waals surface area contributed by atoms with Gasteiger partial charge in [-0.25, -0.2) is 0 Å². The molecule has 0 bridgehead atoms. The minimum atomic E-state index is -4.63. The van der Waals surface area contributed by atoms with Crippen molar-refractivity contribution in [3.63, 3.8) is 0 Å². The maximum absolute atomic E-state index is 12.9. The number of nitrogens with zero attached hydrogens (tertiary/aromatic N) is 1. The third kappa shape index (κ3) is 2.76. The summed E-state index contributed by atoms with van der Waals surface area (Å²) in [6, 6.07) is 5.31. The molecule has 0 saturated carbocycles. The van der Waals surface area contributed by atoms with Gasteiger partial charge in [0.25, 0.3) is 0 Å². The number of benzene rings is 1. The summed E-state index contributed by atoms with van der Waals surface area (Å²) < 4.78 is 35.5. The zero-order valence-corrected chi connectivity index (χ0v) is 10.8. The van der Waals surface area contributed by atoms with Crippen LogP contribution in [0.25, 0.3) is 0 Å². The van der Waals surface area contributed by atoms with E-state index in [-0.39, 0.29) is 18.9 Å². The fourth-order valence-electron chi connectivity index (χ4n) is 2.14. The van der Waals surface area contributed by atoms with Crippen LogP contribution in [0.3, 0.4) is 0 Å². The first kappa shape index (κ1) is 13.2. The molecule has 0 fully saturated rings. The molecule has 0 unspecified atom stereocenters. The molecule has 0 atom stereocenters. The zero-order valence-electron chi connectivity index (χ0n) is 10.0. The first-order chi connectivity index (χ1) is 8.38. The fraction of sp³-hybridized carbons (Fsp3) is 0.417. The lowest BCUT2D eigenvalue weighted by atomic mass is 9.99. The molecule has 0 N–H and O–H groups in total. The van der Waals surface area contributed by atoms with Crippen molar-refractivity contribution in [1.82, 2.24) is 4.31 Å². The Kier molecular flexibility index (Phi) is 3.49. The van der Waals surface area contributed by atoms with E-state index in [0.717, 1.165) is 15.4 Å². The summed E-state index contributed by atoms with van der Waals surface area (Å²) in [5, 5.41) is 0.